The molecule has 0 saturated carbocycles. The van der Waals surface area contributed by atoms with Crippen LogP contribution in [0.1, 0.15) is 15.9 Å². The van der Waals surface area contributed by atoms with Gasteiger partial charge in [0.05, 0.1) is 5.69 Å². The third-order valence-electron chi connectivity index (χ3n) is 3.88. The summed E-state index contributed by atoms with van der Waals surface area (Å²) in [5, 5.41) is 30.1. The molecule has 7 nitrogen and oxygen atoms in total. The molecule has 0 spiro atoms. The molecule has 28 heavy (non-hydrogen) atoms. The van der Waals surface area contributed by atoms with Gasteiger partial charge in [-0.05, 0) is 30.3 Å². The lowest BCUT2D eigenvalue weighted by Crippen LogP contribution is -2.17. The summed E-state index contributed by atoms with van der Waals surface area (Å²) in [6, 6.07) is 14.9. The highest BCUT2D eigenvalue weighted by Gasteiger charge is 2.22. The lowest BCUT2D eigenvalue weighted by Gasteiger charge is -2.21. The molecule has 0 aliphatic carbocycles. The number of hydrogen-bond acceptors (Lipinski definition) is 7. The maximum absolute atomic E-state index is 13.1. The van der Waals surface area contributed by atoms with E-state index < -0.39 is 0 Å². The van der Waals surface area contributed by atoms with E-state index in [2.05, 4.69) is 21.2 Å². The molecule has 0 fully saturated rings. The Labute approximate surface area is 169 Å². The Morgan fingerprint density at radius 1 is 0.964 bits per heavy atom. The van der Waals surface area contributed by atoms with Crippen molar-refractivity contribution < 1.29 is 14.3 Å². The van der Waals surface area contributed by atoms with Crippen LogP contribution in [0.4, 0.5) is 5.69 Å². The molecule has 1 heterocycles. The fourth-order valence-corrected chi connectivity index (χ4v) is 2.82. The summed E-state index contributed by atoms with van der Waals surface area (Å²) in [6.07, 6.45) is 0. The first-order chi connectivity index (χ1) is 13.6. The average molecular weight is 435 g/mol. The average Bonchev–Trinajstić information content (AvgIpc) is 2.73. The first-order valence-electron chi connectivity index (χ1n) is 8.03. The number of allylic oxidation sites excluding steroid dienone is 2. The zero-order valence-corrected chi connectivity index (χ0v) is 15.9. The minimum Gasteiger partial charge on any atom is -0.486 e. The standard InChI is InChI=1S/C20H11BrN4O3/c21-14-3-1-12(2-4-14)20(26)15-7-18-19(28-6-5-27-18)8-16(15)25-17(11-24)13(9-22)10-23/h1-4,7-8,25H,5-6H2. The molecule has 0 aromatic heterocycles. The molecule has 0 unspecified atom stereocenters. The van der Waals surface area contributed by atoms with E-state index >= 15 is 0 Å². The second kappa shape index (κ2) is 8.26. The quantitative estimate of drug-likeness (QED) is 0.575. The van der Waals surface area contributed by atoms with Gasteiger partial charge in [-0.2, -0.15) is 15.8 Å². The highest BCUT2D eigenvalue weighted by molar-refractivity contribution is 9.10. The fourth-order valence-electron chi connectivity index (χ4n) is 2.55. The highest BCUT2D eigenvalue weighted by atomic mass is 79.9. The Kier molecular flexibility index (Phi) is 5.60. The van der Waals surface area contributed by atoms with Crippen LogP contribution in [0.2, 0.25) is 0 Å². The summed E-state index contributed by atoms with van der Waals surface area (Å²) in [5.74, 6) is 0.481. The topological polar surface area (TPSA) is 119 Å². The Morgan fingerprint density at radius 3 is 2.14 bits per heavy atom. The largest absolute Gasteiger partial charge is 0.486 e. The van der Waals surface area contributed by atoms with Crippen LogP contribution in [-0.2, 0) is 0 Å². The molecule has 0 atom stereocenters. The molecule has 1 aliphatic heterocycles. The molecule has 0 amide bonds. The van der Waals surface area contributed by atoms with Gasteiger partial charge in [-0.25, -0.2) is 0 Å². The summed E-state index contributed by atoms with van der Waals surface area (Å²) in [7, 11) is 0. The molecule has 0 bridgehead atoms. The number of nitrogens with zero attached hydrogens (tertiary/aromatic N) is 3. The van der Waals surface area contributed by atoms with E-state index in [9.17, 15) is 10.1 Å². The molecule has 2 aromatic rings. The van der Waals surface area contributed by atoms with Gasteiger partial charge in [0.15, 0.2) is 22.9 Å². The molecule has 1 aliphatic rings. The van der Waals surface area contributed by atoms with Crippen LogP contribution in [0.25, 0.3) is 0 Å². The summed E-state index contributed by atoms with van der Waals surface area (Å²) in [5.41, 5.74) is 0.225. The second-order valence-corrected chi connectivity index (χ2v) is 6.50. The van der Waals surface area contributed by atoms with Crippen LogP contribution >= 0.6 is 15.9 Å². The zero-order chi connectivity index (χ0) is 20.1. The normalized spacial score (nSPS) is 11.4. The van der Waals surface area contributed by atoms with Crippen molar-refractivity contribution in [3.63, 3.8) is 0 Å². The number of carbonyl (C=O) groups is 1. The predicted molar refractivity (Wildman–Crippen MR) is 102 cm³/mol. The second-order valence-electron chi connectivity index (χ2n) is 5.59. The number of benzene rings is 2. The van der Waals surface area contributed by atoms with Gasteiger partial charge in [0.25, 0.3) is 0 Å². The van der Waals surface area contributed by atoms with E-state index in [-0.39, 0.29) is 28.3 Å². The Balaban J connectivity index is 2.13. The van der Waals surface area contributed by atoms with E-state index in [0.29, 0.717) is 30.3 Å². The molecule has 0 saturated heterocycles. The van der Waals surface area contributed by atoms with Crippen LogP contribution < -0.4 is 14.8 Å². The van der Waals surface area contributed by atoms with Crippen molar-refractivity contribution in [1.82, 2.24) is 0 Å². The van der Waals surface area contributed by atoms with Gasteiger partial charge in [0.1, 0.15) is 37.1 Å². The smallest absolute Gasteiger partial charge is 0.195 e. The van der Waals surface area contributed by atoms with Crippen LogP contribution in [0.3, 0.4) is 0 Å². The van der Waals surface area contributed by atoms with Crippen molar-refractivity contribution in [2.75, 3.05) is 18.5 Å². The first-order valence-corrected chi connectivity index (χ1v) is 8.82. The van der Waals surface area contributed by atoms with E-state index in [1.165, 1.54) is 12.1 Å². The Morgan fingerprint density at radius 2 is 1.57 bits per heavy atom. The van der Waals surface area contributed by atoms with Gasteiger partial charge in [0, 0.05) is 21.7 Å². The highest BCUT2D eigenvalue weighted by Crippen LogP contribution is 2.37. The SMILES string of the molecule is N#CC(C#N)=C(C#N)Nc1cc2c(cc1C(=O)c1ccc(Br)cc1)OCCO2. The van der Waals surface area contributed by atoms with E-state index in [0.717, 1.165) is 4.47 Å². The van der Waals surface area contributed by atoms with Crippen molar-refractivity contribution in [2.45, 2.75) is 0 Å². The van der Waals surface area contributed by atoms with Gasteiger partial charge < -0.3 is 14.8 Å². The number of fused-ring (bicyclic) bond motifs is 1. The maximum Gasteiger partial charge on any atom is 0.195 e. The lowest BCUT2D eigenvalue weighted by molar-refractivity contribution is 0.103. The molecule has 1 N–H and O–H groups in total. The lowest BCUT2D eigenvalue weighted by atomic mass is 10.0. The van der Waals surface area contributed by atoms with Crippen LogP contribution in [0, 0.1) is 34.0 Å². The number of carbonyl (C=O) groups excluding carboxylic acids is 1. The minimum absolute atomic E-state index is 0.217. The molecular formula is C20H11BrN4O3. The van der Waals surface area contributed by atoms with Crippen LogP contribution in [-0.4, -0.2) is 19.0 Å². The van der Waals surface area contributed by atoms with Crippen molar-refractivity contribution in [3.8, 4) is 29.7 Å². The fraction of sp³-hybridized carbons (Fsp3) is 0.100. The molecule has 3 rings (SSSR count). The number of ketones is 1. The summed E-state index contributed by atoms with van der Waals surface area (Å²) in [6.45, 7) is 0.692. The first kappa shape index (κ1) is 19.0. The van der Waals surface area contributed by atoms with E-state index in [1.54, 1.807) is 42.5 Å². The van der Waals surface area contributed by atoms with E-state index in [4.69, 9.17) is 20.0 Å². The number of ether oxygens (including phenoxy) is 2. The number of rotatable bonds is 4. The molecular weight excluding hydrogens is 424 g/mol. The minimum atomic E-state index is -0.389. The molecule has 8 heteroatoms. The van der Waals surface area contributed by atoms with Gasteiger partial charge >= 0.3 is 0 Å². The van der Waals surface area contributed by atoms with Crippen LogP contribution in [0.15, 0.2) is 52.1 Å². The number of halogens is 1. The maximum atomic E-state index is 13.1. The molecule has 136 valence electrons. The van der Waals surface area contributed by atoms with Crippen molar-refractivity contribution in [1.29, 1.82) is 15.8 Å². The van der Waals surface area contributed by atoms with Gasteiger partial charge in [-0.3, -0.25) is 4.79 Å². The van der Waals surface area contributed by atoms with Gasteiger partial charge in [-0.1, -0.05) is 15.9 Å². The van der Waals surface area contributed by atoms with E-state index in [1.807, 2.05) is 0 Å². The van der Waals surface area contributed by atoms with Crippen molar-refractivity contribution >= 4 is 27.4 Å². The number of nitriles is 3. The summed E-state index contributed by atoms with van der Waals surface area (Å²) >= 11 is 3.32. The third-order valence-corrected chi connectivity index (χ3v) is 4.41. The molecule has 2 aromatic carbocycles. The summed E-state index contributed by atoms with van der Waals surface area (Å²) in [4.78, 5) is 13.1. The van der Waals surface area contributed by atoms with Gasteiger partial charge in [-0.15, -0.1) is 0 Å². The predicted octanol–water partition coefficient (Wildman–Crippen LogP) is 3.69. The monoisotopic (exact) mass is 434 g/mol. The Bertz CT molecular complexity index is 1090. The Hall–Kier alpha value is -3.80. The van der Waals surface area contributed by atoms with Crippen molar-refractivity contribution in [2.24, 2.45) is 0 Å². The number of anilines is 1. The summed E-state index contributed by atoms with van der Waals surface area (Å²) < 4.78 is 11.9. The van der Waals surface area contributed by atoms with Crippen molar-refractivity contribution in [3.05, 3.63) is 63.3 Å². The number of hydrogen-bond donors (Lipinski definition) is 1. The number of nitrogens with one attached hydrogen (secondary N) is 1. The third kappa shape index (κ3) is 3.81. The van der Waals surface area contributed by atoms with Gasteiger partial charge in [0.2, 0.25) is 0 Å². The molecule has 0 radical (unpaired) electrons. The zero-order valence-electron chi connectivity index (χ0n) is 14.3. The van der Waals surface area contributed by atoms with Crippen LogP contribution in [0.5, 0.6) is 11.5 Å².